The number of hydrogen-bond acceptors (Lipinski definition) is 2. The second-order valence-corrected chi connectivity index (χ2v) is 5.03. The molecule has 0 bridgehead atoms. The molecule has 0 aromatic heterocycles. The van der Waals surface area contributed by atoms with E-state index in [4.69, 9.17) is 5.26 Å². The molecule has 1 aromatic rings. The molecule has 0 spiro atoms. The van der Waals surface area contributed by atoms with Crippen LogP contribution in [0.15, 0.2) is 30.3 Å². The highest BCUT2D eigenvalue weighted by Crippen LogP contribution is 2.20. The van der Waals surface area contributed by atoms with E-state index in [2.05, 4.69) is 56.4 Å². The summed E-state index contributed by atoms with van der Waals surface area (Å²) in [5.74, 6) is 0.999. The third-order valence-corrected chi connectivity index (χ3v) is 2.89. The van der Waals surface area contributed by atoms with E-state index in [9.17, 15) is 0 Å². The van der Waals surface area contributed by atoms with Crippen LogP contribution in [0.4, 0.5) is 0 Å². The van der Waals surface area contributed by atoms with E-state index in [1.807, 2.05) is 6.07 Å². The summed E-state index contributed by atoms with van der Waals surface area (Å²) in [6.45, 7) is 7.39. The Hall–Kier alpha value is -1.33. The van der Waals surface area contributed by atoms with Crippen molar-refractivity contribution in [2.24, 2.45) is 5.92 Å². The van der Waals surface area contributed by atoms with Crippen molar-refractivity contribution in [3.8, 4) is 6.07 Å². The summed E-state index contributed by atoms with van der Waals surface area (Å²) in [4.78, 5) is 0. The first kappa shape index (κ1) is 13.7. The molecule has 2 heteroatoms. The molecular formula is C15H22N2. The van der Waals surface area contributed by atoms with Crippen molar-refractivity contribution in [2.75, 3.05) is 6.54 Å². The van der Waals surface area contributed by atoms with E-state index in [1.165, 1.54) is 5.56 Å². The van der Waals surface area contributed by atoms with Gasteiger partial charge in [0.15, 0.2) is 0 Å². The molecule has 92 valence electrons. The van der Waals surface area contributed by atoms with Crippen LogP contribution >= 0.6 is 0 Å². The van der Waals surface area contributed by atoms with Gasteiger partial charge in [0, 0.05) is 0 Å². The average molecular weight is 230 g/mol. The van der Waals surface area contributed by atoms with Crippen molar-refractivity contribution in [2.45, 2.75) is 39.2 Å². The second kappa shape index (κ2) is 7.09. The molecule has 1 rings (SSSR count). The Bertz CT molecular complexity index is 351. The van der Waals surface area contributed by atoms with Gasteiger partial charge in [-0.15, -0.1) is 0 Å². The van der Waals surface area contributed by atoms with Gasteiger partial charge in [-0.25, -0.2) is 0 Å². The molecule has 0 saturated carbocycles. The minimum absolute atomic E-state index is 0.0485. The van der Waals surface area contributed by atoms with Gasteiger partial charge in [0.05, 0.1) is 12.1 Å². The van der Waals surface area contributed by atoms with Crippen LogP contribution in [0.1, 0.15) is 38.7 Å². The predicted octanol–water partition coefficient (Wildman–Crippen LogP) is 3.32. The molecule has 0 fully saturated rings. The summed E-state index contributed by atoms with van der Waals surface area (Å²) in [7, 11) is 0. The molecule has 2 nitrogen and oxygen atoms in total. The smallest absolute Gasteiger partial charge is 0.0958 e. The van der Waals surface area contributed by atoms with E-state index in [0.29, 0.717) is 11.8 Å². The van der Waals surface area contributed by atoms with Crippen LogP contribution in [-0.4, -0.2) is 12.6 Å². The number of rotatable bonds is 6. The summed E-state index contributed by atoms with van der Waals surface area (Å²) in [6.07, 6.45) is 0.868. The zero-order valence-electron chi connectivity index (χ0n) is 11.0. The molecule has 0 amide bonds. The van der Waals surface area contributed by atoms with Gasteiger partial charge in [0.2, 0.25) is 0 Å². The summed E-state index contributed by atoms with van der Waals surface area (Å²) in [5.41, 5.74) is 1.30. The maximum absolute atomic E-state index is 9.12. The maximum Gasteiger partial charge on any atom is 0.0958 e. The molecule has 0 radical (unpaired) electrons. The Morgan fingerprint density at radius 1 is 1.18 bits per heavy atom. The van der Waals surface area contributed by atoms with E-state index in [-0.39, 0.29) is 6.04 Å². The average Bonchev–Trinajstić information content (AvgIpc) is 2.35. The lowest BCUT2D eigenvalue weighted by molar-refractivity contribution is 0.475. The van der Waals surface area contributed by atoms with Crippen molar-refractivity contribution in [1.82, 2.24) is 5.32 Å². The predicted molar refractivity (Wildman–Crippen MR) is 71.7 cm³/mol. The van der Waals surface area contributed by atoms with E-state index < -0.39 is 0 Å². The molecular weight excluding hydrogens is 208 g/mol. The minimum atomic E-state index is -0.0485. The van der Waals surface area contributed by atoms with Crippen LogP contribution in [-0.2, 0) is 0 Å². The van der Waals surface area contributed by atoms with Crippen LogP contribution in [0.5, 0.6) is 0 Å². The molecule has 2 atom stereocenters. The first-order valence-electron chi connectivity index (χ1n) is 6.31. The van der Waals surface area contributed by atoms with Gasteiger partial charge in [-0.1, -0.05) is 51.1 Å². The van der Waals surface area contributed by atoms with Crippen molar-refractivity contribution in [3.05, 3.63) is 35.9 Å². The third kappa shape index (κ3) is 5.01. The summed E-state index contributed by atoms with van der Waals surface area (Å²) in [5, 5.41) is 12.4. The van der Waals surface area contributed by atoms with Crippen LogP contribution in [0.2, 0.25) is 0 Å². The standard InChI is InChI=1S/C15H22N2/c1-12(2)11-17-15(10-16)9-13(3)14-7-5-4-6-8-14/h4-8,12-13,15,17H,9,11H2,1-3H3. The fraction of sp³-hybridized carbons (Fsp3) is 0.533. The first-order valence-corrected chi connectivity index (χ1v) is 6.31. The summed E-state index contributed by atoms with van der Waals surface area (Å²) < 4.78 is 0. The van der Waals surface area contributed by atoms with Gasteiger partial charge in [-0.05, 0) is 30.4 Å². The zero-order valence-corrected chi connectivity index (χ0v) is 11.0. The summed E-state index contributed by atoms with van der Waals surface area (Å²) in [6, 6.07) is 12.7. The van der Waals surface area contributed by atoms with Crippen LogP contribution in [0.3, 0.4) is 0 Å². The third-order valence-electron chi connectivity index (χ3n) is 2.89. The van der Waals surface area contributed by atoms with Gasteiger partial charge in [0.1, 0.15) is 0 Å². The normalized spacial score (nSPS) is 14.3. The molecule has 0 saturated heterocycles. The van der Waals surface area contributed by atoms with Crippen LogP contribution in [0.25, 0.3) is 0 Å². The highest BCUT2D eigenvalue weighted by molar-refractivity contribution is 5.19. The van der Waals surface area contributed by atoms with Gasteiger partial charge < -0.3 is 5.32 Å². The molecule has 17 heavy (non-hydrogen) atoms. The first-order chi connectivity index (χ1) is 8.13. The van der Waals surface area contributed by atoms with Gasteiger partial charge in [0.25, 0.3) is 0 Å². The quantitative estimate of drug-likeness (QED) is 0.813. The monoisotopic (exact) mass is 230 g/mol. The molecule has 1 aromatic carbocycles. The number of nitrogens with zero attached hydrogens (tertiary/aromatic N) is 1. The number of benzene rings is 1. The van der Waals surface area contributed by atoms with Crippen molar-refractivity contribution >= 4 is 0 Å². The number of hydrogen-bond donors (Lipinski definition) is 1. The molecule has 2 unspecified atom stereocenters. The second-order valence-electron chi connectivity index (χ2n) is 5.03. The van der Waals surface area contributed by atoms with Gasteiger partial charge >= 0.3 is 0 Å². The fourth-order valence-corrected chi connectivity index (χ4v) is 1.83. The lowest BCUT2D eigenvalue weighted by Gasteiger charge is -2.18. The Labute approximate surface area is 105 Å². The van der Waals surface area contributed by atoms with Crippen molar-refractivity contribution in [1.29, 1.82) is 5.26 Å². The Balaban J connectivity index is 2.49. The van der Waals surface area contributed by atoms with E-state index in [1.54, 1.807) is 0 Å². The van der Waals surface area contributed by atoms with Crippen molar-refractivity contribution < 1.29 is 0 Å². The molecule has 1 N–H and O–H groups in total. The number of nitriles is 1. The zero-order chi connectivity index (χ0) is 12.7. The van der Waals surface area contributed by atoms with Crippen molar-refractivity contribution in [3.63, 3.8) is 0 Å². The fourth-order valence-electron chi connectivity index (χ4n) is 1.83. The largest absolute Gasteiger partial charge is 0.302 e. The molecule has 0 aliphatic rings. The SMILES string of the molecule is CC(C)CNC(C#N)CC(C)c1ccccc1. The highest BCUT2D eigenvalue weighted by Gasteiger charge is 2.13. The minimum Gasteiger partial charge on any atom is -0.302 e. The van der Waals surface area contributed by atoms with E-state index >= 15 is 0 Å². The number of nitrogens with one attached hydrogen (secondary N) is 1. The lowest BCUT2D eigenvalue weighted by atomic mass is 9.94. The highest BCUT2D eigenvalue weighted by atomic mass is 14.9. The summed E-state index contributed by atoms with van der Waals surface area (Å²) >= 11 is 0. The van der Waals surface area contributed by atoms with Gasteiger partial charge in [-0.2, -0.15) is 5.26 Å². The Kier molecular flexibility index (Phi) is 5.72. The Morgan fingerprint density at radius 3 is 2.35 bits per heavy atom. The molecule has 0 aliphatic heterocycles. The molecule has 0 aliphatic carbocycles. The molecule has 0 heterocycles. The van der Waals surface area contributed by atoms with Gasteiger partial charge in [-0.3, -0.25) is 0 Å². The maximum atomic E-state index is 9.12. The van der Waals surface area contributed by atoms with E-state index in [0.717, 1.165) is 13.0 Å². The Morgan fingerprint density at radius 2 is 1.82 bits per heavy atom. The van der Waals surface area contributed by atoms with Crippen LogP contribution < -0.4 is 5.32 Å². The topological polar surface area (TPSA) is 35.8 Å². The van der Waals surface area contributed by atoms with Crippen LogP contribution in [0, 0.1) is 17.2 Å². The lowest BCUT2D eigenvalue weighted by Crippen LogP contribution is -2.32.